The Morgan fingerprint density at radius 3 is 2.96 bits per heavy atom. The van der Waals surface area contributed by atoms with Crippen LogP contribution in [0.3, 0.4) is 0 Å². The van der Waals surface area contributed by atoms with E-state index in [-0.39, 0.29) is 11.7 Å². The van der Waals surface area contributed by atoms with Crippen molar-refractivity contribution < 1.29 is 13.9 Å². The largest absolute Gasteiger partial charge is 0.496 e. The van der Waals surface area contributed by atoms with Crippen molar-refractivity contribution in [2.24, 2.45) is 0 Å². The Kier molecular flexibility index (Phi) is 4.92. The number of hydrogen-bond donors (Lipinski definition) is 1. The van der Waals surface area contributed by atoms with Crippen molar-refractivity contribution >= 4 is 54.6 Å². The molecule has 0 aliphatic rings. The van der Waals surface area contributed by atoms with Crippen LogP contribution in [-0.4, -0.2) is 18.0 Å². The lowest BCUT2D eigenvalue weighted by atomic mass is 10.2. The van der Waals surface area contributed by atoms with Gasteiger partial charge in [-0.1, -0.05) is 27.3 Å². The number of aromatic nitrogens is 1. The van der Waals surface area contributed by atoms with Gasteiger partial charge in [0.25, 0.3) is 0 Å². The average Bonchev–Trinajstić information content (AvgIpc) is 2.94. The first-order valence-electron chi connectivity index (χ1n) is 6.94. The molecule has 1 N–H and O–H groups in total. The molecule has 0 aliphatic heterocycles. The molecule has 2 aromatic carbocycles. The molecule has 1 amide bonds. The van der Waals surface area contributed by atoms with E-state index in [0.29, 0.717) is 21.1 Å². The summed E-state index contributed by atoms with van der Waals surface area (Å²) in [7, 11) is 1.57. The number of carbonyl (C=O) groups excluding carboxylic acids is 1. The molecule has 0 atom stereocenters. The topological polar surface area (TPSA) is 51.2 Å². The average molecular weight is 407 g/mol. The molecular weight excluding hydrogens is 395 g/mol. The van der Waals surface area contributed by atoms with Crippen LogP contribution in [0.25, 0.3) is 16.3 Å². The molecule has 3 aromatic rings. The van der Waals surface area contributed by atoms with E-state index in [1.807, 2.05) is 18.2 Å². The lowest BCUT2D eigenvalue weighted by Crippen LogP contribution is -2.07. The van der Waals surface area contributed by atoms with Crippen LogP contribution in [0, 0.1) is 5.82 Å². The Hall–Kier alpha value is -2.25. The first-order chi connectivity index (χ1) is 11.5. The number of nitrogens with zero attached hydrogens (tertiary/aromatic N) is 1. The molecule has 3 rings (SSSR count). The standard InChI is InChI=1S/C17H12BrFN2O2S/c1-23-14-6-3-11(18)8-10(14)2-7-16(22)21-17-20-13-5-4-12(19)9-15(13)24-17/h2-9H,1H3,(H,20,21,22)/b7-2+. The molecule has 1 aromatic heterocycles. The molecule has 122 valence electrons. The van der Waals surface area contributed by atoms with Crippen LogP contribution in [-0.2, 0) is 4.79 Å². The van der Waals surface area contributed by atoms with Gasteiger partial charge in [-0.05, 0) is 42.5 Å². The Morgan fingerprint density at radius 1 is 1.33 bits per heavy atom. The molecule has 0 bridgehead atoms. The molecule has 1 heterocycles. The maximum absolute atomic E-state index is 13.2. The van der Waals surface area contributed by atoms with Crippen LogP contribution >= 0.6 is 27.3 Å². The maximum Gasteiger partial charge on any atom is 0.250 e. The molecular formula is C17H12BrFN2O2S. The van der Waals surface area contributed by atoms with E-state index in [9.17, 15) is 9.18 Å². The van der Waals surface area contributed by atoms with Gasteiger partial charge in [0.1, 0.15) is 11.6 Å². The third-order valence-corrected chi connectivity index (χ3v) is 4.61. The van der Waals surface area contributed by atoms with Gasteiger partial charge in [0.15, 0.2) is 5.13 Å². The van der Waals surface area contributed by atoms with Gasteiger partial charge >= 0.3 is 0 Å². The summed E-state index contributed by atoms with van der Waals surface area (Å²) < 4.78 is 20.0. The highest BCUT2D eigenvalue weighted by molar-refractivity contribution is 9.10. The summed E-state index contributed by atoms with van der Waals surface area (Å²) in [5.74, 6) is 0.0138. The number of amides is 1. The summed E-state index contributed by atoms with van der Waals surface area (Å²) >= 11 is 4.61. The number of benzene rings is 2. The smallest absolute Gasteiger partial charge is 0.250 e. The second-order valence-electron chi connectivity index (χ2n) is 4.84. The molecule has 0 saturated heterocycles. The van der Waals surface area contributed by atoms with E-state index in [0.717, 1.165) is 10.0 Å². The van der Waals surface area contributed by atoms with Crippen LogP contribution < -0.4 is 10.1 Å². The SMILES string of the molecule is COc1ccc(Br)cc1/C=C/C(=O)Nc1nc2ccc(F)cc2s1. The first-order valence-corrected chi connectivity index (χ1v) is 8.55. The van der Waals surface area contributed by atoms with E-state index >= 15 is 0 Å². The summed E-state index contributed by atoms with van der Waals surface area (Å²) in [5.41, 5.74) is 1.42. The zero-order valence-corrected chi connectivity index (χ0v) is 14.9. The van der Waals surface area contributed by atoms with Crippen molar-refractivity contribution in [3.05, 3.63) is 58.3 Å². The van der Waals surface area contributed by atoms with Crippen molar-refractivity contribution in [2.75, 3.05) is 12.4 Å². The molecule has 0 unspecified atom stereocenters. The van der Waals surface area contributed by atoms with E-state index in [1.165, 1.54) is 29.5 Å². The highest BCUT2D eigenvalue weighted by Gasteiger charge is 2.07. The van der Waals surface area contributed by atoms with E-state index < -0.39 is 0 Å². The summed E-state index contributed by atoms with van der Waals surface area (Å²) in [4.78, 5) is 16.3. The van der Waals surface area contributed by atoms with Crippen molar-refractivity contribution in [3.63, 3.8) is 0 Å². The number of carbonyl (C=O) groups is 1. The third-order valence-electron chi connectivity index (χ3n) is 3.19. The Labute approximate surface area is 150 Å². The number of methoxy groups -OCH3 is 1. The second-order valence-corrected chi connectivity index (χ2v) is 6.79. The number of rotatable bonds is 4. The number of ether oxygens (including phenoxy) is 1. The van der Waals surface area contributed by atoms with E-state index in [2.05, 4.69) is 26.2 Å². The molecule has 0 aliphatic carbocycles. The predicted molar refractivity (Wildman–Crippen MR) is 97.9 cm³/mol. The first kappa shape index (κ1) is 16.6. The predicted octanol–water partition coefficient (Wildman–Crippen LogP) is 4.86. The van der Waals surface area contributed by atoms with Gasteiger partial charge in [0.05, 0.1) is 17.3 Å². The Morgan fingerprint density at radius 2 is 2.17 bits per heavy atom. The van der Waals surface area contributed by atoms with E-state index in [4.69, 9.17) is 4.74 Å². The second kappa shape index (κ2) is 7.11. The molecule has 4 nitrogen and oxygen atoms in total. The zero-order chi connectivity index (χ0) is 17.1. The van der Waals surface area contributed by atoms with Gasteiger partial charge in [-0.3, -0.25) is 10.1 Å². The van der Waals surface area contributed by atoms with Gasteiger partial charge in [0.2, 0.25) is 5.91 Å². The van der Waals surface area contributed by atoms with Crippen molar-refractivity contribution in [1.82, 2.24) is 4.98 Å². The minimum absolute atomic E-state index is 0.323. The molecule has 0 spiro atoms. The molecule has 0 radical (unpaired) electrons. The zero-order valence-electron chi connectivity index (χ0n) is 12.5. The van der Waals surface area contributed by atoms with Crippen LogP contribution in [0.5, 0.6) is 5.75 Å². The summed E-state index contributed by atoms with van der Waals surface area (Å²) in [6, 6.07) is 9.83. The highest BCUT2D eigenvalue weighted by atomic mass is 79.9. The third kappa shape index (κ3) is 3.80. The number of fused-ring (bicyclic) bond motifs is 1. The van der Waals surface area contributed by atoms with E-state index in [1.54, 1.807) is 19.3 Å². The number of hydrogen-bond acceptors (Lipinski definition) is 4. The number of halogens is 2. The quantitative estimate of drug-likeness (QED) is 0.629. The van der Waals surface area contributed by atoms with Gasteiger partial charge in [-0.25, -0.2) is 9.37 Å². The number of nitrogens with one attached hydrogen (secondary N) is 1. The molecule has 7 heteroatoms. The fourth-order valence-corrected chi connectivity index (χ4v) is 3.37. The molecule has 24 heavy (non-hydrogen) atoms. The van der Waals surface area contributed by atoms with Crippen LogP contribution in [0.2, 0.25) is 0 Å². The van der Waals surface area contributed by atoms with Gasteiger partial charge in [0, 0.05) is 16.1 Å². The normalized spacial score (nSPS) is 11.1. The monoisotopic (exact) mass is 406 g/mol. The summed E-state index contributed by atoms with van der Waals surface area (Å²) in [6.07, 6.45) is 3.06. The van der Waals surface area contributed by atoms with Gasteiger partial charge < -0.3 is 4.74 Å². The maximum atomic E-state index is 13.2. The van der Waals surface area contributed by atoms with Crippen LogP contribution in [0.15, 0.2) is 46.9 Å². The fraction of sp³-hybridized carbons (Fsp3) is 0.0588. The lowest BCUT2D eigenvalue weighted by molar-refractivity contribution is -0.111. The Balaban J connectivity index is 1.76. The minimum Gasteiger partial charge on any atom is -0.496 e. The van der Waals surface area contributed by atoms with Crippen LogP contribution in [0.4, 0.5) is 9.52 Å². The van der Waals surface area contributed by atoms with Crippen molar-refractivity contribution in [3.8, 4) is 5.75 Å². The van der Waals surface area contributed by atoms with Gasteiger partial charge in [-0.2, -0.15) is 0 Å². The number of thiazole rings is 1. The number of anilines is 1. The summed E-state index contributed by atoms with van der Waals surface area (Å²) in [6.45, 7) is 0. The Bertz CT molecular complexity index is 939. The van der Waals surface area contributed by atoms with Gasteiger partial charge in [-0.15, -0.1) is 0 Å². The highest BCUT2D eigenvalue weighted by Crippen LogP contribution is 2.27. The molecule has 0 saturated carbocycles. The summed E-state index contributed by atoms with van der Waals surface area (Å²) in [5, 5.41) is 3.10. The lowest BCUT2D eigenvalue weighted by Gasteiger charge is -2.04. The van der Waals surface area contributed by atoms with Crippen LogP contribution in [0.1, 0.15) is 5.56 Å². The minimum atomic E-state index is -0.328. The fourth-order valence-electron chi connectivity index (χ4n) is 2.10. The molecule has 0 fully saturated rings. The van der Waals surface area contributed by atoms with Crippen molar-refractivity contribution in [2.45, 2.75) is 0 Å². The van der Waals surface area contributed by atoms with Crippen molar-refractivity contribution in [1.29, 1.82) is 0 Å².